The fourth-order valence-corrected chi connectivity index (χ4v) is 2.57. The van der Waals surface area contributed by atoms with Gasteiger partial charge in [0.05, 0.1) is 6.10 Å². The van der Waals surface area contributed by atoms with Crippen LogP contribution in [-0.2, 0) is 6.54 Å². The number of benzene rings is 1. The molecule has 19 heavy (non-hydrogen) atoms. The van der Waals surface area contributed by atoms with Crippen LogP contribution in [0.3, 0.4) is 0 Å². The van der Waals surface area contributed by atoms with Crippen LogP contribution in [0.1, 0.15) is 37.3 Å². The van der Waals surface area contributed by atoms with E-state index in [4.69, 9.17) is 4.74 Å². The van der Waals surface area contributed by atoms with Crippen LogP contribution in [0.4, 0.5) is 0 Å². The summed E-state index contributed by atoms with van der Waals surface area (Å²) in [5.41, 5.74) is 1.26. The van der Waals surface area contributed by atoms with Gasteiger partial charge in [0.2, 0.25) is 0 Å². The molecule has 1 N–H and O–H groups in total. The predicted molar refractivity (Wildman–Crippen MR) is 81.8 cm³/mol. The van der Waals surface area contributed by atoms with E-state index in [1.54, 1.807) is 11.3 Å². The number of hydrogen-bond acceptors (Lipinski definition) is 3. The van der Waals surface area contributed by atoms with Gasteiger partial charge in [-0.25, -0.2) is 0 Å². The van der Waals surface area contributed by atoms with Gasteiger partial charge in [0.25, 0.3) is 0 Å². The van der Waals surface area contributed by atoms with E-state index in [-0.39, 0.29) is 6.10 Å². The minimum atomic E-state index is 0.213. The van der Waals surface area contributed by atoms with Gasteiger partial charge in [-0.15, -0.1) is 11.3 Å². The lowest BCUT2D eigenvalue weighted by atomic mass is 10.1. The third kappa shape index (κ3) is 4.37. The Balaban J connectivity index is 1.96. The zero-order valence-electron chi connectivity index (χ0n) is 11.7. The Bertz CT molecular complexity index is 493. The van der Waals surface area contributed by atoms with Crippen LogP contribution in [0.15, 0.2) is 41.8 Å². The van der Waals surface area contributed by atoms with Crippen LogP contribution in [0.25, 0.3) is 0 Å². The van der Waals surface area contributed by atoms with Gasteiger partial charge in [0.15, 0.2) is 0 Å². The van der Waals surface area contributed by atoms with Crippen LogP contribution in [0.2, 0.25) is 0 Å². The quantitative estimate of drug-likeness (QED) is 0.844. The summed E-state index contributed by atoms with van der Waals surface area (Å²) in [5, 5.41) is 5.65. The molecule has 2 aromatic rings. The predicted octanol–water partition coefficient (Wildman–Crippen LogP) is 4.39. The fraction of sp³-hybridized carbons (Fsp3) is 0.375. The Labute approximate surface area is 119 Å². The van der Waals surface area contributed by atoms with Crippen LogP contribution in [0, 0.1) is 0 Å². The minimum absolute atomic E-state index is 0.213. The van der Waals surface area contributed by atoms with Gasteiger partial charge in [0.1, 0.15) is 5.75 Å². The van der Waals surface area contributed by atoms with Gasteiger partial charge >= 0.3 is 0 Å². The Morgan fingerprint density at radius 3 is 2.68 bits per heavy atom. The molecule has 0 saturated carbocycles. The number of nitrogens with one attached hydrogen (secondary N) is 1. The highest BCUT2D eigenvalue weighted by atomic mass is 32.1. The molecule has 0 radical (unpaired) electrons. The molecule has 2 rings (SSSR count). The maximum Gasteiger partial charge on any atom is 0.120 e. The van der Waals surface area contributed by atoms with Gasteiger partial charge in [-0.05, 0) is 49.9 Å². The highest BCUT2D eigenvalue weighted by Crippen LogP contribution is 2.20. The van der Waals surface area contributed by atoms with E-state index in [1.165, 1.54) is 10.4 Å². The molecule has 0 fully saturated rings. The van der Waals surface area contributed by atoms with Crippen molar-refractivity contribution in [2.75, 3.05) is 0 Å². The first-order valence-electron chi connectivity index (χ1n) is 6.67. The third-order valence-electron chi connectivity index (χ3n) is 2.89. The zero-order chi connectivity index (χ0) is 13.7. The van der Waals surface area contributed by atoms with E-state index in [2.05, 4.69) is 48.0 Å². The summed E-state index contributed by atoms with van der Waals surface area (Å²) in [6.07, 6.45) is 0.213. The van der Waals surface area contributed by atoms with Crippen LogP contribution >= 0.6 is 11.3 Å². The lowest BCUT2D eigenvalue weighted by Gasteiger charge is -2.16. The Morgan fingerprint density at radius 2 is 2.00 bits per heavy atom. The Morgan fingerprint density at radius 1 is 1.16 bits per heavy atom. The van der Waals surface area contributed by atoms with E-state index in [1.807, 2.05) is 19.9 Å². The summed E-state index contributed by atoms with van der Waals surface area (Å²) in [7, 11) is 0. The summed E-state index contributed by atoms with van der Waals surface area (Å²) in [5.74, 6) is 0.942. The van der Waals surface area contributed by atoms with Crippen molar-refractivity contribution in [3.8, 4) is 5.75 Å². The summed E-state index contributed by atoms with van der Waals surface area (Å²) >= 11 is 1.78. The number of rotatable bonds is 6. The smallest absolute Gasteiger partial charge is 0.120 e. The van der Waals surface area contributed by atoms with Crippen LogP contribution in [0.5, 0.6) is 5.75 Å². The Hall–Kier alpha value is -1.32. The average Bonchev–Trinajstić information content (AvgIpc) is 2.88. The van der Waals surface area contributed by atoms with Gasteiger partial charge < -0.3 is 10.1 Å². The molecule has 1 aromatic carbocycles. The second kappa shape index (κ2) is 6.73. The molecule has 0 aliphatic carbocycles. The molecule has 0 aliphatic rings. The highest BCUT2D eigenvalue weighted by molar-refractivity contribution is 7.09. The highest BCUT2D eigenvalue weighted by Gasteiger charge is 2.07. The standard InChI is InChI=1S/C16H21NOS/c1-12(2)18-15-7-4-6-14(10-15)13(3)17-11-16-8-5-9-19-16/h4-10,12-13,17H,11H2,1-3H3. The number of ether oxygens (including phenoxy) is 1. The molecule has 0 bridgehead atoms. The molecule has 2 nitrogen and oxygen atoms in total. The summed E-state index contributed by atoms with van der Waals surface area (Å²) < 4.78 is 5.73. The van der Waals surface area contributed by atoms with Crippen molar-refractivity contribution < 1.29 is 4.74 Å². The van der Waals surface area contributed by atoms with E-state index in [0.29, 0.717) is 6.04 Å². The second-order valence-electron chi connectivity index (χ2n) is 4.92. The van der Waals surface area contributed by atoms with Crippen LogP contribution in [-0.4, -0.2) is 6.10 Å². The van der Waals surface area contributed by atoms with Crippen molar-refractivity contribution in [1.29, 1.82) is 0 Å². The average molecular weight is 275 g/mol. The summed E-state index contributed by atoms with van der Waals surface area (Å²) in [4.78, 5) is 1.36. The molecule has 0 saturated heterocycles. The topological polar surface area (TPSA) is 21.3 Å². The van der Waals surface area contributed by atoms with Gasteiger partial charge in [-0.3, -0.25) is 0 Å². The van der Waals surface area contributed by atoms with Crippen molar-refractivity contribution in [3.63, 3.8) is 0 Å². The summed E-state index contributed by atoms with van der Waals surface area (Å²) in [6, 6.07) is 12.9. The normalized spacial score (nSPS) is 12.6. The molecule has 3 heteroatoms. The van der Waals surface area contributed by atoms with Gasteiger partial charge in [-0.1, -0.05) is 18.2 Å². The van der Waals surface area contributed by atoms with Gasteiger partial charge in [0, 0.05) is 17.5 Å². The molecular weight excluding hydrogens is 254 g/mol. The number of thiophene rings is 1. The molecule has 1 unspecified atom stereocenters. The molecule has 1 atom stereocenters. The lowest BCUT2D eigenvalue weighted by Crippen LogP contribution is -2.17. The van der Waals surface area contributed by atoms with Crippen molar-refractivity contribution in [2.24, 2.45) is 0 Å². The van der Waals surface area contributed by atoms with E-state index in [9.17, 15) is 0 Å². The second-order valence-corrected chi connectivity index (χ2v) is 5.95. The first-order valence-corrected chi connectivity index (χ1v) is 7.55. The number of hydrogen-bond donors (Lipinski definition) is 1. The lowest BCUT2D eigenvalue weighted by molar-refractivity contribution is 0.242. The van der Waals surface area contributed by atoms with Crippen molar-refractivity contribution in [3.05, 3.63) is 52.2 Å². The van der Waals surface area contributed by atoms with E-state index >= 15 is 0 Å². The molecule has 1 aromatic heterocycles. The fourth-order valence-electron chi connectivity index (χ4n) is 1.91. The van der Waals surface area contributed by atoms with Crippen LogP contribution < -0.4 is 10.1 Å². The first kappa shape index (κ1) is 14.1. The maximum absolute atomic E-state index is 5.73. The minimum Gasteiger partial charge on any atom is -0.491 e. The van der Waals surface area contributed by atoms with Gasteiger partial charge in [-0.2, -0.15) is 0 Å². The molecule has 102 valence electrons. The largest absolute Gasteiger partial charge is 0.491 e. The molecular formula is C16H21NOS. The first-order chi connectivity index (χ1) is 9.15. The Kier molecular flexibility index (Phi) is 5.00. The maximum atomic E-state index is 5.73. The van der Waals surface area contributed by atoms with E-state index in [0.717, 1.165) is 12.3 Å². The molecule has 0 aliphatic heterocycles. The molecule has 0 amide bonds. The third-order valence-corrected chi connectivity index (χ3v) is 3.77. The molecule has 1 heterocycles. The monoisotopic (exact) mass is 275 g/mol. The van der Waals surface area contributed by atoms with Crippen molar-refractivity contribution in [2.45, 2.75) is 39.5 Å². The zero-order valence-corrected chi connectivity index (χ0v) is 12.5. The van der Waals surface area contributed by atoms with Crippen molar-refractivity contribution in [1.82, 2.24) is 5.32 Å². The SMILES string of the molecule is CC(C)Oc1cccc(C(C)NCc2cccs2)c1. The van der Waals surface area contributed by atoms with Crippen molar-refractivity contribution >= 4 is 11.3 Å². The summed E-state index contributed by atoms with van der Waals surface area (Å²) in [6.45, 7) is 7.19. The van der Waals surface area contributed by atoms with E-state index < -0.39 is 0 Å². The molecule has 0 spiro atoms.